The number of nitrogens with one attached hydrogen (secondary N) is 3. The van der Waals surface area contributed by atoms with Gasteiger partial charge < -0.3 is 5.32 Å². The predicted molar refractivity (Wildman–Crippen MR) is 117 cm³/mol. The molecule has 0 saturated carbocycles. The summed E-state index contributed by atoms with van der Waals surface area (Å²) in [7, 11) is 0. The van der Waals surface area contributed by atoms with Crippen molar-refractivity contribution in [1.82, 2.24) is 10.9 Å². The summed E-state index contributed by atoms with van der Waals surface area (Å²) in [6.45, 7) is 0.392. The van der Waals surface area contributed by atoms with Gasteiger partial charge in [0.15, 0.2) is 16.8 Å². The Balaban J connectivity index is 1.54. The molecule has 0 spiro atoms. The van der Waals surface area contributed by atoms with E-state index in [0.717, 1.165) is 23.9 Å². The number of halogens is 4. The maximum absolute atomic E-state index is 13.3. The number of fused-ring (bicyclic) bond motifs is 1. The molecule has 2 unspecified atom stereocenters. The zero-order valence-corrected chi connectivity index (χ0v) is 18.0. The van der Waals surface area contributed by atoms with Crippen molar-refractivity contribution in [3.63, 3.8) is 0 Å². The summed E-state index contributed by atoms with van der Waals surface area (Å²) in [5, 5.41) is 3.43. The van der Waals surface area contributed by atoms with Crippen molar-refractivity contribution >= 4 is 63.3 Å². The number of carbonyl (C=O) groups excluding carboxylic acids is 2. The lowest BCUT2D eigenvalue weighted by Gasteiger charge is -2.32. The Labute approximate surface area is 190 Å². The van der Waals surface area contributed by atoms with Crippen molar-refractivity contribution in [2.24, 2.45) is 10.9 Å². The minimum absolute atomic E-state index is 0.116. The molecule has 2 amide bonds. The molecule has 0 radical (unpaired) electrons. The first kappa shape index (κ1) is 22.0. The molecule has 162 valence electrons. The molecule has 1 fully saturated rings. The standard InChI is InChI=1S/C19H15Cl2F2N5O2S/c20-9-1-4-15(12(21)5-9)28-18(30)11-7-24-27-17(11)26-19(28)31-8-16(29)25-10-2-3-13(22)14(23)6-10/h1-6,11,17,24,27H,7-8H2,(H,25,29). The molecule has 2 heterocycles. The molecule has 0 aliphatic carbocycles. The molecule has 12 heteroatoms. The van der Waals surface area contributed by atoms with E-state index in [4.69, 9.17) is 23.2 Å². The van der Waals surface area contributed by atoms with Gasteiger partial charge in [0.2, 0.25) is 11.8 Å². The number of rotatable bonds is 4. The molecule has 1 saturated heterocycles. The Hall–Kier alpha value is -2.24. The lowest BCUT2D eigenvalue weighted by molar-refractivity contribution is -0.121. The molecule has 0 aromatic heterocycles. The van der Waals surface area contributed by atoms with Crippen molar-refractivity contribution in [3.8, 4) is 0 Å². The van der Waals surface area contributed by atoms with E-state index in [1.165, 1.54) is 17.0 Å². The van der Waals surface area contributed by atoms with Crippen LogP contribution in [0.3, 0.4) is 0 Å². The van der Waals surface area contributed by atoms with Gasteiger partial charge in [-0.3, -0.25) is 19.9 Å². The highest BCUT2D eigenvalue weighted by atomic mass is 35.5. The third kappa shape index (κ3) is 4.68. The number of amides is 2. The van der Waals surface area contributed by atoms with Crippen LogP contribution >= 0.6 is 35.0 Å². The molecule has 7 nitrogen and oxygen atoms in total. The van der Waals surface area contributed by atoms with Crippen molar-refractivity contribution in [2.45, 2.75) is 6.17 Å². The van der Waals surface area contributed by atoms with Crippen LogP contribution in [0.2, 0.25) is 10.0 Å². The fourth-order valence-corrected chi connectivity index (χ4v) is 4.49. The molecular formula is C19H15Cl2F2N5O2S. The Morgan fingerprint density at radius 2 is 2.03 bits per heavy atom. The average molecular weight is 486 g/mol. The topological polar surface area (TPSA) is 85.8 Å². The summed E-state index contributed by atoms with van der Waals surface area (Å²) < 4.78 is 26.4. The number of benzene rings is 2. The zero-order chi connectivity index (χ0) is 22.1. The van der Waals surface area contributed by atoms with Crippen molar-refractivity contribution < 1.29 is 18.4 Å². The number of thioether (sulfide) groups is 1. The lowest BCUT2D eigenvalue weighted by Crippen LogP contribution is -2.49. The van der Waals surface area contributed by atoms with Crippen LogP contribution in [0.15, 0.2) is 41.4 Å². The first-order valence-electron chi connectivity index (χ1n) is 9.06. The Kier molecular flexibility index (Phi) is 6.44. The molecular weight excluding hydrogens is 471 g/mol. The fraction of sp³-hybridized carbons (Fsp3) is 0.211. The SMILES string of the molecule is O=C(CSC1=NC2NNCC2C(=O)N1c1ccc(Cl)cc1Cl)Nc1ccc(F)c(F)c1. The number of carbonyl (C=O) groups is 2. The Bertz CT molecular complexity index is 1090. The van der Waals surface area contributed by atoms with Crippen LogP contribution in [0.4, 0.5) is 20.2 Å². The molecule has 2 aliphatic heterocycles. The van der Waals surface area contributed by atoms with Crippen LogP contribution in [0, 0.1) is 17.6 Å². The van der Waals surface area contributed by atoms with Crippen LogP contribution < -0.4 is 21.1 Å². The van der Waals surface area contributed by atoms with Gasteiger partial charge in [-0.2, -0.15) is 0 Å². The van der Waals surface area contributed by atoms with Gasteiger partial charge in [-0.25, -0.2) is 19.2 Å². The van der Waals surface area contributed by atoms with Gasteiger partial charge in [0.25, 0.3) is 0 Å². The molecule has 31 heavy (non-hydrogen) atoms. The van der Waals surface area contributed by atoms with Crippen LogP contribution in [0.1, 0.15) is 0 Å². The third-order valence-electron chi connectivity index (χ3n) is 4.62. The Morgan fingerprint density at radius 1 is 1.23 bits per heavy atom. The molecule has 0 bridgehead atoms. The molecule has 2 aromatic rings. The number of aliphatic imine (C=N–C) groups is 1. The van der Waals surface area contributed by atoms with Gasteiger partial charge in [-0.15, -0.1) is 0 Å². The minimum atomic E-state index is -1.07. The molecule has 2 aliphatic rings. The van der Waals surface area contributed by atoms with E-state index >= 15 is 0 Å². The number of anilines is 2. The predicted octanol–water partition coefficient (Wildman–Crippen LogP) is 3.40. The quantitative estimate of drug-likeness (QED) is 0.617. The van der Waals surface area contributed by atoms with E-state index in [-0.39, 0.29) is 27.5 Å². The number of hydrogen-bond acceptors (Lipinski definition) is 6. The molecule has 2 atom stereocenters. The van der Waals surface area contributed by atoms with E-state index in [1.54, 1.807) is 12.1 Å². The van der Waals surface area contributed by atoms with Crippen LogP contribution in [0.5, 0.6) is 0 Å². The fourth-order valence-electron chi connectivity index (χ4n) is 3.15. The van der Waals surface area contributed by atoms with Gasteiger partial charge in [-0.05, 0) is 30.3 Å². The van der Waals surface area contributed by atoms with E-state index in [0.29, 0.717) is 17.3 Å². The summed E-state index contributed by atoms with van der Waals surface area (Å²) in [4.78, 5) is 31.4. The van der Waals surface area contributed by atoms with Gasteiger partial charge in [-0.1, -0.05) is 35.0 Å². The third-order valence-corrected chi connectivity index (χ3v) is 6.11. The first-order valence-corrected chi connectivity index (χ1v) is 10.8. The van der Waals surface area contributed by atoms with Crippen molar-refractivity contribution in [3.05, 3.63) is 58.1 Å². The number of hydrogen-bond donors (Lipinski definition) is 3. The summed E-state index contributed by atoms with van der Waals surface area (Å²) in [5.74, 6) is -3.35. The normalized spacial score (nSPS) is 20.5. The highest BCUT2D eigenvalue weighted by Gasteiger charge is 2.42. The molecule has 3 N–H and O–H groups in total. The second-order valence-electron chi connectivity index (χ2n) is 6.72. The van der Waals surface area contributed by atoms with Crippen molar-refractivity contribution in [1.29, 1.82) is 0 Å². The summed E-state index contributed by atoms with van der Waals surface area (Å²) in [6.07, 6.45) is -0.480. The van der Waals surface area contributed by atoms with Crippen LogP contribution in [0.25, 0.3) is 0 Å². The van der Waals surface area contributed by atoms with Gasteiger partial charge in [0.1, 0.15) is 6.17 Å². The van der Waals surface area contributed by atoms with E-state index in [2.05, 4.69) is 21.2 Å². The monoisotopic (exact) mass is 485 g/mol. The van der Waals surface area contributed by atoms with E-state index < -0.39 is 29.6 Å². The maximum atomic E-state index is 13.3. The molecule has 4 rings (SSSR count). The minimum Gasteiger partial charge on any atom is -0.325 e. The Morgan fingerprint density at radius 3 is 2.77 bits per heavy atom. The zero-order valence-electron chi connectivity index (χ0n) is 15.7. The number of nitrogens with zero attached hydrogens (tertiary/aromatic N) is 2. The largest absolute Gasteiger partial charge is 0.325 e. The first-order chi connectivity index (χ1) is 14.8. The summed E-state index contributed by atoms with van der Waals surface area (Å²) in [6, 6.07) is 7.78. The lowest BCUT2D eigenvalue weighted by atomic mass is 10.0. The second-order valence-corrected chi connectivity index (χ2v) is 8.51. The highest BCUT2D eigenvalue weighted by Crippen LogP contribution is 2.35. The number of amidine groups is 1. The van der Waals surface area contributed by atoms with Crippen LogP contribution in [-0.2, 0) is 9.59 Å². The maximum Gasteiger partial charge on any atom is 0.241 e. The van der Waals surface area contributed by atoms with Gasteiger partial charge in [0, 0.05) is 23.3 Å². The van der Waals surface area contributed by atoms with E-state index in [1.807, 2.05) is 0 Å². The van der Waals surface area contributed by atoms with Gasteiger partial charge in [0.05, 0.1) is 22.4 Å². The van der Waals surface area contributed by atoms with Crippen molar-refractivity contribution in [2.75, 3.05) is 22.5 Å². The smallest absolute Gasteiger partial charge is 0.241 e. The summed E-state index contributed by atoms with van der Waals surface area (Å²) in [5.41, 5.74) is 6.34. The second kappa shape index (κ2) is 9.09. The summed E-state index contributed by atoms with van der Waals surface area (Å²) >= 11 is 13.3. The average Bonchev–Trinajstić information content (AvgIpc) is 3.19. The number of hydrazine groups is 1. The van der Waals surface area contributed by atoms with Crippen LogP contribution in [-0.4, -0.2) is 35.4 Å². The van der Waals surface area contributed by atoms with Gasteiger partial charge >= 0.3 is 0 Å². The molecule has 2 aromatic carbocycles. The highest BCUT2D eigenvalue weighted by molar-refractivity contribution is 8.14. The van der Waals surface area contributed by atoms with E-state index in [9.17, 15) is 18.4 Å².